The van der Waals surface area contributed by atoms with E-state index in [0.29, 0.717) is 24.6 Å². The largest absolute Gasteiger partial charge is 0.471 e. The van der Waals surface area contributed by atoms with E-state index in [1.165, 1.54) is 0 Å². The van der Waals surface area contributed by atoms with Gasteiger partial charge < -0.3 is 9.42 Å². The molecule has 0 radical (unpaired) electrons. The Balaban J connectivity index is 1.71. The number of alkyl halides is 3. The van der Waals surface area contributed by atoms with Crippen LogP contribution in [-0.2, 0) is 17.5 Å². The number of hydrogen-bond donors (Lipinski definition) is 0. The van der Waals surface area contributed by atoms with Crippen LogP contribution in [0, 0.1) is 0 Å². The summed E-state index contributed by atoms with van der Waals surface area (Å²) < 4.78 is 41.8. The first-order valence-corrected chi connectivity index (χ1v) is 8.18. The summed E-state index contributed by atoms with van der Waals surface area (Å²) in [5.41, 5.74) is 1.35. The molecular formula is C17H18F3N3O2. The number of benzene rings is 1. The van der Waals surface area contributed by atoms with Crippen LogP contribution in [0.5, 0.6) is 0 Å². The molecule has 1 fully saturated rings. The van der Waals surface area contributed by atoms with E-state index >= 15 is 0 Å². The Morgan fingerprint density at radius 3 is 2.48 bits per heavy atom. The summed E-state index contributed by atoms with van der Waals surface area (Å²) in [4.78, 5) is 17.5. The lowest BCUT2D eigenvalue weighted by molar-refractivity contribution is -0.159. The summed E-state index contributed by atoms with van der Waals surface area (Å²) in [6.07, 6.45) is -1.28. The average molecular weight is 353 g/mol. The first kappa shape index (κ1) is 17.4. The van der Waals surface area contributed by atoms with Gasteiger partial charge in [0.1, 0.15) is 0 Å². The van der Waals surface area contributed by atoms with Gasteiger partial charge in [-0.3, -0.25) is 4.79 Å². The van der Waals surface area contributed by atoms with Crippen molar-refractivity contribution in [2.75, 3.05) is 0 Å². The zero-order valence-electron chi connectivity index (χ0n) is 13.7. The van der Waals surface area contributed by atoms with E-state index in [9.17, 15) is 18.0 Å². The zero-order chi connectivity index (χ0) is 18.0. The SMILES string of the molecule is CCCC(=O)N(Cc1ccc(-c2noc(C(F)(F)F)n2)cc1)C1CC1. The molecule has 0 bridgehead atoms. The van der Waals surface area contributed by atoms with Gasteiger partial charge in [-0.05, 0) is 24.8 Å². The lowest BCUT2D eigenvalue weighted by atomic mass is 10.1. The van der Waals surface area contributed by atoms with Crippen molar-refractivity contribution in [3.8, 4) is 11.4 Å². The number of carbonyl (C=O) groups excluding carboxylic acids is 1. The first-order valence-electron chi connectivity index (χ1n) is 8.18. The van der Waals surface area contributed by atoms with E-state index in [-0.39, 0.29) is 11.7 Å². The highest BCUT2D eigenvalue weighted by Crippen LogP contribution is 2.31. The third-order valence-corrected chi connectivity index (χ3v) is 4.01. The maximum Gasteiger partial charge on any atom is 0.471 e. The van der Waals surface area contributed by atoms with Crippen molar-refractivity contribution in [2.45, 2.75) is 51.4 Å². The van der Waals surface area contributed by atoms with E-state index in [4.69, 9.17) is 0 Å². The zero-order valence-corrected chi connectivity index (χ0v) is 13.7. The van der Waals surface area contributed by atoms with Crippen LogP contribution in [0.4, 0.5) is 13.2 Å². The van der Waals surface area contributed by atoms with Gasteiger partial charge in [0.15, 0.2) is 0 Å². The Kier molecular flexibility index (Phi) is 4.78. The van der Waals surface area contributed by atoms with E-state index in [1.807, 2.05) is 11.8 Å². The number of amides is 1. The normalized spacial score (nSPS) is 14.6. The van der Waals surface area contributed by atoms with Crippen molar-refractivity contribution in [1.29, 1.82) is 0 Å². The number of hydrogen-bond acceptors (Lipinski definition) is 4. The summed E-state index contributed by atoms with van der Waals surface area (Å²) in [6, 6.07) is 7.12. The molecule has 0 N–H and O–H groups in total. The highest BCUT2D eigenvalue weighted by Gasteiger charge is 2.38. The smallest absolute Gasteiger partial charge is 0.335 e. The summed E-state index contributed by atoms with van der Waals surface area (Å²) in [5.74, 6) is -1.33. The van der Waals surface area contributed by atoms with Gasteiger partial charge in [0, 0.05) is 24.6 Å². The third-order valence-electron chi connectivity index (χ3n) is 4.01. The van der Waals surface area contributed by atoms with Crippen LogP contribution in [0.25, 0.3) is 11.4 Å². The Morgan fingerprint density at radius 2 is 1.96 bits per heavy atom. The summed E-state index contributed by atoms with van der Waals surface area (Å²) in [5, 5.41) is 3.36. The molecule has 25 heavy (non-hydrogen) atoms. The summed E-state index contributed by atoms with van der Waals surface area (Å²) in [7, 11) is 0. The molecule has 1 aliphatic carbocycles. The second kappa shape index (κ2) is 6.85. The Labute approximate surface area is 142 Å². The number of carbonyl (C=O) groups is 1. The van der Waals surface area contributed by atoms with E-state index in [2.05, 4.69) is 14.7 Å². The fraction of sp³-hybridized carbons (Fsp3) is 0.471. The molecule has 0 unspecified atom stereocenters. The third kappa shape index (κ3) is 4.18. The van der Waals surface area contributed by atoms with Gasteiger partial charge in [-0.2, -0.15) is 18.2 Å². The molecule has 8 heteroatoms. The van der Waals surface area contributed by atoms with Crippen LogP contribution in [0.1, 0.15) is 44.1 Å². The molecule has 134 valence electrons. The van der Waals surface area contributed by atoms with Crippen LogP contribution in [0.15, 0.2) is 28.8 Å². The van der Waals surface area contributed by atoms with Gasteiger partial charge in [0.05, 0.1) is 0 Å². The number of nitrogens with zero attached hydrogens (tertiary/aromatic N) is 3. The van der Waals surface area contributed by atoms with Crippen LogP contribution >= 0.6 is 0 Å². The summed E-state index contributed by atoms with van der Waals surface area (Å²) >= 11 is 0. The lowest BCUT2D eigenvalue weighted by Gasteiger charge is -2.22. The quantitative estimate of drug-likeness (QED) is 0.786. The topological polar surface area (TPSA) is 59.2 Å². The fourth-order valence-electron chi connectivity index (χ4n) is 2.58. The maximum absolute atomic E-state index is 12.5. The standard InChI is InChI=1S/C17H18F3N3O2/c1-2-3-14(24)23(13-8-9-13)10-11-4-6-12(7-5-11)15-21-16(25-22-15)17(18,19)20/h4-7,13H,2-3,8-10H2,1H3. The molecule has 1 aromatic carbocycles. The minimum atomic E-state index is -4.66. The fourth-order valence-corrected chi connectivity index (χ4v) is 2.58. The number of halogens is 3. The minimum Gasteiger partial charge on any atom is -0.335 e. The predicted octanol–water partition coefficient (Wildman–Crippen LogP) is 4.05. The van der Waals surface area contributed by atoms with Crippen molar-refractivity contribution in [2.24, 2.45) is 0 Å². The van der Waals surface area contributed by atoms with Crippen molar-refractivity contribution in [3.63, 3.8) is 0 Å². The molecule has 0 atom stereocenters. The molecule has 1 aromatic heterocycles. The van der Waals surface area contributed by atoms with Crippen molar-refractivity contribution >= 4 is 5.91 Å². The molecule has 0 saturated heterocycles. The van der Waals surface area contributed by atoms with E-state index in [1.54, 1.807) is 24.3 Å². The highest BCUT2D eigenvalue weighted by atomic mass is 19.4. The molecule has 1 heterocycles. The predicted molar refractivity (Wildman–Crippen MR) is 83.2 cm³/mol. The van der Waals surface area contributed by atoms with Crippen molar-refractivity contribution < 1.29 is 22.5 Å². The van der Waals surface area contributed by atoms with Crippen LogP contribution in [-0.4, -0.2) is 27.0 Å². The molecule has 5 nitrogen and oxygen atoms in total. The minimum absolute atomic E-state index is 0.111. The lowest BCUT2D eigenvalue weighted by Crippen LogP contribution is -2.32. The molecular weight excluding hydrogens is 335 g/mol. The Hall–Kier alpha value is -2.38. The molecule has 1 amide bonds. The Morgan fingerprint density at radius 1 is 1.28 bits per heavy atom. The number of aromatic nitrogens is 2. The van der Waals surface area contributed by atoms with Gasteiger partial charge in [-0.25, -0.2) is 0 Å². The van der Waals surface area contributed by atoms with Crippen molar-refractivity contribution in [1.82, 2.24) is 15.0 Å². The van der Waals surface area contributed by atoms with E-state index < -0.39 is 12.1 Å². The first-order chi connectivity index (χ1) is 11.9. The monoisotopic (exact) mass is 353 g/mol. The van der Waals surface area contributed by atoms with Crippen LogP contribution in [0.3, 0.4) is 0 Å². The second-order valence-corrected chi connectivity index (χ2v) is 6.12. The average Bonchev–Trinajstić information content (AvgIpc) is 3.27. The summed E-state index contributed by atoms with van der Waals surface area (Å²) in [6.45, 7) is 2.47. The molecule has 1 saturated carbocycles. The molecule has 0 aliphatic heterocycles. The molecule has 3 rings (SSSR count). The van der Waals surface area contributed by atoms with Crippen molar-refractivity contribution in [3.05, 3.63) is 35.7 Å². The second-order valence-electron chi connectivity index (χ2n) is 6.12. The molecule has 0 spiro atoms. The number of rotatable bonds is 6. The van der Waals surface area contributed by atoms with Gasteiger partial charge in [0.2, 0.25) is 11.7 Å². The molecule has 1 aliphatic rings. The highest BCUT2D eigenvalue weighted by molar-refractivity contribution is 5.76. The Bertz CT molecular complexity index is 736. The van der Waals surface area contributed by atoms with Gasteiger partial charge in [-0.1, -0.05) is 36.3 Å². The maximum atomic E-state index is 12.5. The van der Waals surface area contributed by atoms with Crippen LogP contribution in [0.2, 0.25) is 0 Å². The van der Waals surface area contributed by atoms with Gasteiger partial charge >= 0.3 is 12.1 Å². The van der Waals surface area contributed by atoms with Gasteiger partial charge in [0.25, 0.3) is 0 Å². The molecule has 2 aromatic rings. The van der Waals surface area contributed by atoms with Gasteiger partial charge in [-0.15, -0.1) is 0 Å². The van der Waals surface area contributed by atoms with Crippen LogP contribution < -0.4 is 0 Å². The van der Waals surface area contributed by atoms with E-state index in [0.717, 1.165) is 24.8 Å².